The Morgan fingerprint density at radius 1 is 1.64 bits per heavy atom. The molecule has 0 saturated carbocycles. The molecule has 0 aliphatic heterocycles. The minimum atomic E-state index is -0.673. The smallest absolute Gasteiger partial charge is 0.0921 e. The molecule has 1 aromatic heterocycles. The fourth-order valence-electron chi connectivity index (χ4n) is 1.09. The van der Waals surface area contributed by atoms with Crippen LogP contribution in [0.1, 0.15) is 26.5 Å². The molecule has 0 fully saturated rings. The molecule has 0 spiro atoms. The number of H-pyrrole nitrogens is 1. The van der Waals surface area contributed by atoms with E-state index in [-0.39, 0.29) is 6.04 Å². The van der Waals surface area contributed by atoms with Crippen LogP contribution in [0, 0.1) is 0 Å². The van der Waals surface area contributed by atoms with E-state index in [0.717, 1.165) is 18.7 Å². The molecule has 4 nitrogen and oxygen atoms in total. The van der Waals surface area contributed by atoms with Gasteiger partial charge < -0.3 is 15.4 Å². The van der Waals surface area contributed by atoms with E-state index in [0.29, 0.717) is 0 Å². The number of hydrogen-bond donors (Lipinski definition) is 3. The average Bonchev–Trinajstić information content (AvgIpc) is 2.55. The summed E-state index contributed by atoms with van der Waals surface area (Å²) in [5, 5.41) is 12.9. The lowest BCUT2D eigenvalue weighted by Gasteiger charge is -2.26. The molecule has 1 heterocycles. The highest BCUT2D eigenvalue weighted by molar-refractivity contribution is 4.95. The van der Waals surface area contributed by atoms with Crippen LogP contribution in [0.5, 0.6) is 0 Å². The normalized spacial score (nSPS) is 14.3. The molecular weight excluding hydrogens is 178 g/mol. The van der Waals surface area contributed by atoms with Crippen molar-refractivity contribution in [2.45, 2.75) is 38.8 Å². The van der Waals surface area contributed by atoms with Gasteiger partial charge in [-0.1, -0.05) is 0 Å². The Bertz CT molecular complexity index is 251. The van der Waals surface area contributed by atoms with Crippen LogP contribution in [-0.2, 0) is 6.42 Å². The SMILES string of the molecule is CC(NCCc1cnc[nH]1)C(C)(C)O. The summed E-state index contributed by atoms with van der Waals surface area (Å²) in [5.74, 6) is 0. The molecule has 0 aliphatic carbocycles. The van der Waals surface area contributed by atoms with Gasteiger partial charge in [-0.05, 0) is 20.8 Å². The van der Waals surface area contributed by atoms with E-state index in [4.69, 9.17) is 0 Å². The van der Waals surface area contributed by atoms with Crippen LogP contribution in [0.15, 0.2) is 12.5 Å². The van der Waals surface area contributed by atoms with E-state index in [1.807, 2.05) is 13.1 Å². The van der Waals surface area contributed by atoms with Gasteiger partial charge in [0, 0.05) is 30.9 Å². The van der Waals surface area contributed by atoms with Gasteiger partial charge in [-0.15, -0.1) is 0 Å². The topological polar surface area (TPSA) is 60.9 Å². The standard InChI is InChI=1S/C10H19N3O/c1-8(10(2,3)14)12-5-4-9-6-11-7-13-9/h6-8,12,14H,4-5H2,1-3H3,(H,11,13). The minimum absolute atomic E-state index is 0.0884. The summed E-state index contributed by atoms with van der Waals surface area (Å²) in [4.78, 5) is 6.97. The van der Waals surface area contributed by atoms with Crippen molar-refractivity contribution in [3.05, 3.63) is 18.2 Å². The van der Waals surface area contributed by atoms with Crippen LogP contribution in [0.2, 0.25) is 0 Å². The summed E-state index contributed by atoms with van der Waals surface area (Å²) in [6.07, 6.45) is 4.39. The van der Waals surface area contributed by atoms with Gasteiger partial charge in [-0.3, -0.25) is 0 Å². The second-order valence-corrected chi connectivity index (χ2v) is 4.16. The number of aliphatic hydroxyl groups is 1. The van der Waals surface area contributed by atoms with Crippen LogP contribution in [-0.4, -0.2) is 33.3 Å². The van der Waals surface area contributed by atoms with E-state index in [1.165, 1.54) is 0 Å². The molecule has 1 atom stereocenters. The third-order valence-corrected chi connectivity index (χ3v) is 2.46. The number of hydrogen-bond acceptors (Lipinski definition) is 3. The summed E-state index contributed by atoms with van der Waals surface area (Å²) in [5.41, 5.74) is 0.439. The fraction of sp³-hybridized carbons (Fsp3) is 0.700. The largest absolute Gasteiger partial charge is 0.389 e. The molecule has 1 rings (SSSR count). The predicted octanol–water partition coefficient (Wildman–Crippen LogP) is 0.701. The van der Waals surface area contributed by atoms with E-state index in [9.17, 15) is 5.11 Å². The summed E-state index contributed by atoms with van der Waals surface area (Å²) < 4.78 is 0. The lowest BCUT2D eigenvalue weighted by Crippen LogP contribution is -2.45. The maximum atomic E-state index is 9.66. The van der Waals surface area contributed by atoms with E-state index < -0.39 is 5.60 Å². The Morgan fingerprint density at radius 3 is 2.86 bits per heavy atom. The van der Waals surface area contributed by atoms with Crippen molar-refractivity contribution in [2.75, 3.05) is 6.54 Å². The number of nitrogens with one attached hydrogen (secondary N) is 2. The first-order valence-electron chi connectivity index (χ1n) is 4.93. The lowest BCUT2D eigenvalue weighted by molar-refractivity contribution is 0.0446. The van der Waals surface area contributed by atoms with Crippen molar-refractivity contribution in [2.24, 2.45) is 0 Å². The van der Waals surface area contributed by atoms with Gasteiger partial charge >= 0.3 is 0 Å². The van der Waals surface area contributed by atoms with Gasteiger partial charge in [0.25, 0.3) is 0 Å². The quantitative estimate of drug-likeness (QED) is 0.651. The van der Waals surface area contributed by atoms with E-state index in [2.05, 4.69) is 15.3 Å². The molecule has 1 aromatic rings. The average molecular weight is 197 g/mol. The zero-order chi connectivity index (χ0) is 10.6. The lowest BCUT2D eigenvalue weighted by atomic mass is 10.0. The Morgan fingerprint density at radius 2 is 2.36 bits per heavy atom. The molecule has 3 N–H and O–H groups in total. The Balaban J connectivity index is 2.22. The van der Waals surface area contributed by atoms with Crippen LogP contribution in [0.4, 0.5) is 0 Å². The molecule has 0 bridgehead atoms. The zero-order valence-electron chi connectivity index (χ0n) is 9.04. The molecule has 0 radical (unpaired) electrons. The second-order valence-electron chi connectivity index (χ2n) is 4.16. The van der Waals surface area contributed by atoms with Crippen molar-refractivity contribution in [3.8, 4) is 0 Å². The third kappa shape index (κ3) is 3.47. The second kappa shape index (κ2) is 4.57. The van der Waals surface area contributed by atoms with Crippen molar-refractivity contribution < 1.29 is 5.11 Å². The summed E-state index contributed by atoms with van der Waals surface area (Å²) in [6.45, 7) is 6.43. The van der Waals surface area contributed by atoms with Crippen molar-refractivity contribution in [1.82, 2.24) is 15.3 Å². The number of imidazole rings is 1. The molecular formula is C10H19N3O. The minimum Gasteiger partial charge on any atom is -0.389 e. The zero-order valence-corrected chi connectivity index (χ0v) is 9.04. The highest BCUT2D eigenvalue weighted by Gasteiger charge is 2.20. The fourth-order valence-corrected chi connectivity index (χ4v) is 1.09. The van der Waals surface area contributed by atoms with Gasteiger partial charge in [0.05, 0.1) is 11.9 Å². The Hall–Kier alpha value is -0.870. The number of rotatable bonds is 5. The van der Waals surface area contributed by atoms with Gasteiger partial charge in [0.15, 0.2) is 0 Å². The van der Waals surface area contributed by atoms with E-state index in [1.54, 1.807) is 20.2 Å². The highest BCUT2D eigenvalue weighted by atomic mass is 16.3. The maximum absolute atomic E-state index is 9.66. The predicted molar refractivity (Wildman–Crippen MR) is 56.1 cm³/mol. The van der Waals surface area contributed by atoms with Crippen LogP contribution in [0.25, 0.3) is 0 Å². The van der Waals surface area contributed by atoms with Crippen molar-refractivity contribution in [1.29, 1.82) is 0 Å². The summed E-state index contributed by atoms with van der Waals surface area (Å²) in [6, 6.07) is 0.0884. The number of aromatic amines is 1. The third-order valence-electron chi connectivity index (χ3n) is 2.46. The van der Waals surface area contributed by atoms with E-state index >= 15 is 0 Å². The first-order chi connectivity index (χ1) is 6.50. The van der Waals surface area contributed by atoms with Gasteiger partial charge in [0.2, 0.25) is 0 Å². The highest BCUT2D eigenvalue weighted by Crippen LogP contribution is 2.07. The number of nitrogens with zero attached hydrogens (tertiary/aromatic N) is 1. The Labute approximate surface area is 84.8 Å². The molecule has 4 heteroatoms. The van der Waals surface area contributed by atoms with Crippen LogP contribution < -0.4 is 5.32 Å². The van der Waals surface area contributed by atoms with Gasteiger partial charge in [-0.2, -0.15) is 0 Å². The first-order valence-corrected chi connectivity index (χ1v) is 4.93. The monoisotopic (exact) mass is 197 g/mol. The maximum Gasteiger partial charge on any atom is 0.0921 e. The van der Waals surface area contributed by atoms with Gasteiger partial charge in [0.1, 0.15) is 0 Å². The van der Waals surface area contributed by atoms with Crippen LogP contribution in [0.3, 0.4) is 0 Å². The molecule has 80 valence electrons. The summed E-state index contributed by atoms with van der Waals surface area (Å²) in [7, 11) is 0. The van der Waals surface area contributed by atoms with Crippen molar-refractivity contribution >= 4 is 0 Å². The molecule has 1 unspecified atom stereocenters. The molecule has 0 aromatic carbocycles. The molecule has 0 amide bonds. The number of aromatic nitrogens is 2. The van der Waals surface area contributed by atoms with Gasteiger partial charge in [-0.25, -0.2) is 4.98 Å². The first kappa shape index (κ1) is 11.2. The summed E-state index contributed by atoms with van der Waals surface area (Å²) >= 11 is 0. The molecule has 14 heavy (non-hydrogen) atoms. The Kier molecular flexibility index (Phi) is 3.66. The van der Waals surface area contributed by atoms with Crippen molar-refractivity contribution in [3.63, 3.8) is 0 Å². The van der Waals surface area contributed by atoms with Crippen LogP contribution >= 0.6 is 0 Å². The molecule has 0 aliphatic rings. The molecule has 0 saturated heterocycles.